The second kappa shape index (κ2) is 6.74. The van der Waals surface area contributed by atoms with Gasteiger partial charge in [-0.3, -0.25) is 4.90 Å². The minimum absolute atomic E-state index is 0.156. The Hall–Kier alpha value is -1.85. The minimum atomic E-state index is -0.535. The predicted octanol–water partition coefficient (Wildman–Crippen LogP) is 3.49. The first-order valence-corrected chi connectivity index (χ1v) is 6.67. The SMILES string of the molecule is COC(=O)c1occc1CN(C)Cc1c(F)cccc1Cl. The fourth-order valence-electron chi connectivity index (χ4n) is 2.03. The summed E-state index contributed by atoms with van der Waals surface area (Å²) in [6, 6.07) is 6.26. The molecule has 1 aromatic carbocycles. The Kier molecular flexibility index (Phi) is 4.98. The Morgan fingerprint density at radius 1 is 1.38 bits per heavy atom. The third kappa shape index (κ3) is 3.62. The third-order valence-corrected chi connectivity index (χ3v) is 3.40. The van der Waals surface area contributed by atoms with Crippen LogP contribution in [0.4, 0.5) is 4.39 Å². The normalized spacial score (nSPS) is 10.9. The van der Waals surface area contributed by atoms with Crippen LogP contribution >= 0.6 is 11.6 Å². The lowest BCUT2D eigenvalue weighted by Gasteiger charge is -2.17. The Morgan fingerprint density at radius 3 is 2.81 bits per heavy atom. The van der Waals surface area contributed by atoms with Crippen molar-refractivity contribution < 1.29 is 18.3 Å². The molecule has 2 aromatic rings. The van der Waals surface area contributed by atoms with Gasteiger partial charge in [-0.25, -0.2) is 9.18 Å². The van der Waals surface area contributed by atoms with Gasteiger partial charge in [0.25, 0.3) is 0 Å². The first-order chi connectivity index (χ1) is 10.0. The van der Waals surface area contributed by atoms with Gasteiger partial charge in [0.1, 0.15) is 5.82 Å². The van der Waals surface area contributed by atoms with Crippen LogP contribution in [-0.4, -0.2) is 25.0 Å². The second-order valence-electron chi connectivity index (χ2n) is 4.64. The molecule has 1 heterocycles. The summed E-state index contributed by atoms with van der Waals surface area (Å²) < 4.78 is 23.5. The fraction of sp³-hybridized carbons (Fsp3) is 0.267. The number of rotatable bonds is 5. The maximum absolute atomic E-state index is 13.7. The zero-order valence-electron chi connectivity index (χ0n) is 11.7. The summed E-state index contributed by atoms with van der Waals surface area (Å²) in [4.78, 5) is 13.4. The van der Waals surface area contributed by atoms with Crippen LogP contribution in [0.1, 0.15) is 21.7 Å². The highest BCUT2D eigenvalue weighted by Gasteiger charge is 2.18. The number of esters is 1. The van der Waals surface area contributed by atoms with E-state index in [4.69, 9.17) is 16.0 Å². The zero-order valence-corrected chi connectivity index (χ0v) is 12.5. The van der Waals surface area contributed by atoms with Crippen LogP contribution in [0.25, 0.3) is 0 Å². The predicted molar refractivity (Wildman–Crippen MR) is 76.6 cm³/mol. The van der Waals surface area contributed by atoms with Crippen molar-refractivity contribution in [3.8, 4) is 0 Å². The van der Waals surface area contributed by atoms with Crippen LogP contribution in [0.2, 0.25) is 5.02 Å². The number of carbonyl (C=O) groups excluding carboxylic acids is 1. The van der Waals surface area contributed by atoms with Gasteiger partial charge >= 0.3 is 5.97 Å². The number of hydrogen-bond donors (Lipinski definition) is 0. The average molecular weight is 312 g/mol. The van der Waals surface area contributed by atoms with Crippen LogP contribution < -0.4 is 0 Å². The third-order valence-electron chi connectivity index (χ3n) is 3.05. The number of carbonyl (C=O) groups is 1. The molecule has 0 fully saturated rings. The number of nitrogens with zero attached hydrogens (tertiary/aromatic N) is 1. The van der Waals surface area contributed by atoms with Crippen LogP contribution in [0.3, 0.4) is 0 Å². The molecule has 6 heteroatoms. The summed E-state index contributed by atoms with van der Waals surface area (Å²) in [5, 5.41) is 0.377. The monoisotopic (exact) mass is 311 g/mol. The standard InChI is InChI=1S/C15H15ClFNO3/c1-18(9-11-12(16)4-3-5-13(11)17)8-10-6-7-21-14(10)15(19)20-2/h3-7H,8-9H2,1-2H3. The molecular formula is C15H15ClFNO3. The van der Waals surface area contributed by atoms with Gasteiger partial charge in [0.2, 0.25) is 5.76 Å². The van der Waals surface area contributed by atoms with Crippen molar-refractivity contribution in [3.63, 3.8) is 0 Å². The molecule has 0 radical (unpaired) electrons. The van der Waals surface area contributed by atoms with Crippen molar-refractivity contribution >= 4 is 17.6 Å². The van der Waals surface area contributed by atoms with E-state index in [1.54, 1.807) is 25.2 Å². The van der Waals surface area contributed by atoms with Crippen LogP contribution in [-0.2, 0) is 17.8 Å². The van der Waals surface area contributed by atoms with E-state index in [2.05, 4.69) is 4.74 Å². The quantitative estimate of drug-likeness (QED) is 0.793. The van der Waals surface area contributed by atoms with E-state index in [0.717, 1.165) is 0 Å². The van der Waals surface area contributed by atoms with Gasteiger partial charge in [-0.2, -0.15) is 0 Å². The van der Waals surface area contributed by atoms with E-state index >= 15 is 0 Å². The number of hydrogen-bond acceptors (Lipinski definition) is 4. The molecule has 2 rings (SSSR count). The van der Waals surface area contributed by atoms with E-state index in [1.807, 2.05) is 4.90 Å². The Balaban J connectivity index is 2.11. The van der Waals surface area contributed by atoms with Gasteiger partial charge in [0.05, 0.1) is 13.4 Å². The lowest BCUT2D eigenvalue weighted by Crippen LogP contribution is -2.19. The van der Waals surface area contributed by atoms with E-state index in [9.17, 15) is 9.18 Å². The molecule has 0 bridgehead atoms. The Labute approximate surface area is 127 Å². The van der Waals surface area contributed by atoms with Gasteiger partial charge in [-0.15, -0.1) is 0 Å². The number of methoxy groups -OCH3 is 1. The van der Waals surface area contributed by atoms with E-state index in [1.165, 1.54) is 19.4 Å². The molecule has 0 atom stereocenters. The van der Waals surface area contributed by atoms with Gasteiger partial charge < -0.3 is 9.15 Å². The number of ether oxygens (including phenoxy) is 1. The highest BCUT2D eigenvalue weighted by atomic mass is 35.5. The van der Waals surface area contributed by atoms with Crippen molar-refractivity contribution in [2.45, 2.75) is 13.1 Å². The van der Waals surface area contributed by atoms with Gasteiger partial charge in [0, 0.05) is 29.2 Å². The molecule has 0 aliphatic carbocycles. The summed E-state index contributed by atoms with van der Waals surface area (Å²) in [7, 11) is 3.09. The highest BCUT2D eigenvalue weighted by molar-refractivity contribution is 6.31. The molecule has 0 saturated carbocycles. The highest BCUT2D eigenvalue weighted by Crippen LogP contribution is 2.22. The van der Waals surface area contributed by atoms with Crippen molar-refractivity contribution in [1.82, 2.24) is 4.90 Å². The maximum Gasteiger partial charge on any atom is 0.374 e. The lowest BCUT2D eigenvalue weighted by molar-refractivity contribution is 0.0562. The van der Waals surface area contributed by atoms with Crippen molar-refractivity contribution in [3.05, 3.63) is 58.3 Å². The summed E-state index contributed by atoms with van der Waals surface area (Å²) in [6.07, 6.45) is 1.42. The zero-order chi connectivity index (χ0) is 15.4. The Bertz CT molecular complexity index is 621. The van der Waals surface area contributed by atoms with Crippen molar-refractivity contribution in [2.24, 2.45) is 0 Å². The summed E-state index contributed by atoms with van der Waals surface area (Å²) in [5.74, 6) is -0.731. The molecule has 4 nitrogen and oxygen atoms in total. The van der Waals surface area contributed by atoms with E-state index in [0.29, 0.717) is 29.2 Å². The van der Waals surface area contributed by atoms with Crippen LogP contribution in [0, 0.1) is 5.82 Å². The maximum atomic E-state index is 13.7. The molecular weight excluding hydrogens is 297 g/mol. The number of halogens is 2. The molecule has 0 unspecified atom stereocenters. The number of benzene rings is 1. The lowest BCUT2D eigenvalue weighted by atomic mass is 10.2. The van der Waals surface area contributed by atoms with Crippen LogP contribution in [0.5, 0.6) is 0 Å². The molecule has 0 aliphatic rings. The largest absolute Gasteiger partial charge is 0.463 e. The molecule has 0 N–H and O–H groups in total. The average Bonchev–Trinajstić information content (AvgIpc) is 2.90. The topological polar surface area (TPSA) is 42.7 Å². The molecule has 1 aromatic heterocycles. The van der Waals surface area contributed by atoms with Gasteiger partial charge in [-0.05, 0) is 25.2 Å². The first kappa shape index (κ1) is 15.5. The second-order valence-corrected chi connectivity index (χ2v) is 5.05. The van der Waals surface area contributed by atoms with Crippen LogP contribution in [0.15, 0.2) is 34.9 Å². The molecule has 112 valence electrons. The summed E-state index contributed by atoms with van der Waals surface area (Å²) >= 11 is 6.00. The molecule has 0 aliphatic heterocycles. The number of furan rings is 1. The van der Waals surface area contributed by atoms with Crippen molar-refractivity contribution in [1.29, 1.82) is 0 Å². The fourth-order valence-corrected chi connectivity index (χ4v) is 2.25. The molecule has 0 amide bonds. The first-order valence-electron chi connectivity index (χ1n) is 6.29. The van der Waals surface area contributed by atoms with Crippen molar-refractivity contribution in [2.75, 3.05) is 14.2 Å². The van der Waals surface area contributed by atoms with E-state index < -0.39 is 5.97 Å². The smallest absolute Gasteiger partial charge is 0.374 e. The summed E-state index contributed by atoms with van der Waals surface area (Å²) in [6.45, 7) is 0.725. The minimum Gasteiger partial charge on any atom is -0.463 e. The molecule has 0 spiro atoms. The molecule has 0 saturated heterocycles. The van der Waals surface area contributed by atoms with Gasteiger partial charge in [0.15, 0.2) is 0 Å². The molecule has 21 heavy (non-hydrogen) atoms. The van der Waals surface area contributed by atoms with E-state index in [-0.39, 0.29) is 11.6 Å². The summed E-state index contributed by atoms with van der Waals surface area (Å²) in [5.41, 5.74) is 1.10. The Morgan fingerprint density at radius 2 is 2.14 bits per heavy atom. The van der Waals surface area contributed by atoms with Gasteiger partial charge in [-0.1, -0.05) is 17.7 Å².